The molecule has 0 aromatic heterocycles. The van der Waals surface area contributed by atoms with E-state index < -0.39 is 0 Å². The summed E-state index contributed by atoms with van der Waals surface area (Å²) < 4.78 is 0. The minimum absolute atomic E-state index is 0.673. The third kappa shape index (κ3) is 4.25. The van der Waals surface area contributed by atoms with Gasteiger partial charge in [0, 0.05) is 25.3 Å². The normalized spacial score (nSPS) is 11.1. The summed E-state index contributed by atoms with van der Waals surface area (Å²) in [6.07, 6.45) is 1.81. The predicted octanol–water partition coefficient (Wildman–Crippen LogP) is 6.73. The van der Waals surface area contributed by atoms with Gasteiger partial charge in [0.05, 0.1) is 22.6 Å². The van der Waals surface area contributed by atoms with Gasteiger partial charge >= 0.3 is 0 Å². The number of anilines is 3. The number of para-hydroxylation sites is 1. The molecule has 0 radical (unpaired) electrons. The van der Waals surface area contributed by atoms with Gasteiger partial charge in [-0.3, -0.25) is 0 Å². The highest BCUT2D eigenvalue weighted by atomic mass is 35.5. The summed E-state index contributed by atoms with van der Waals surface area (Å²) >= 11 is 6.49. The third-order valence-electron chi connectivity index (χ3n) is 4.79. The molecule has 4 aromatic rings. The monoisotopic (exact) mass is 399 g/mol. The topological polar surface area (TPSA) is 18.8 Å². The molecule has 0 unspecified atom stereocenters. The molecule has 0 fully saturated rings. The Hall–Kier alpha value is -3.30. The van der Waals surface area contributed by atoms with Gasteiger partial charge in [-0.1, -0.05) is 60.1 Å². The molecule has 0 saturated carbocycles. The van der Waals surface area contributed by atoms with Gasteiger partial charge in [0.1, 0.15) is 0 Å². The second-order valence-corrected chi connectivity index (χ2v) is 7.43. The zero-order chi connectivity index (χ0) is 20.2. The summed E-state index contributed by atoms with van der Waals surface area (Å²) in [6.45, 7) is 0. The highest BCUT2D eigenvalue weighted by molar-refractivity contribution is 6.33. The Balaban J connectivity index is 1.74. The van der Waals surface area contributed by atoms with Crippen molar-refractivity contribution in [2.45, 2.75) is 0 Å². The second kappa shape index (κ2) is 8.38. The van der Waals surface area contributed by atoms with Crippen molar-refractivity contribution in [2.24, 2.45) is 5.10 Å². The Kier molecular flexibility index (Phi) is 5.50. The summed E-state index contributed by atoms with van der Waals surface area (Å²) in [5.74, 6) is 0. The van der Waals surface area contributed by atoms with Crippen molar-refractivity contribution in [1.82, 2.24) is 0 Å². The Morgan fingerprint density at radius 1 is 0.690 bits per heavy atom. The number of nitrogens with zero attached hydrogens (tertiary/aromatic N) is 3. The highest BCUT2D eigenvalue weighted by Crippen LogP contribution is 2.29. The predicted molar refractivity (Wildman–Crippen MR) is 126 cm³/mol. The summed E-state index contributed by atoms with van der Waals surface area (Å²) in [6, 6.07) is 30.8. The first-order valence-corrected chi connectivity index (χ1v) is 9.84. The first-order chi connectivity index (χ1) is 14.1. The van der Waals surface area contributed by atoms with Gasteiger partial charge < -0.3 is 4.90 Å². The van der Waals surface area contributed by atoms with Crippen LogP contribution in [0.1, 0.15) is 5.56 Å². The molecule has 4 aromatic carbocycles. The van der Waals surface area contributed by atoms with Crippen LogP contribution in [-0.4, -0.2) is 20.3 Å². The molecule has 4 rings (SSSR count). The fourth-order valence-corrected chi connectivity index (χ4v) is 3.40. The lowest BCUT2D eigenvalue weighted by molar-refractivity contribution is 1.09. The summed E-state index contributed by atoms with van der Waals surface area (Å²) in [7, 11) is 3.99. The fourth-order valence-electron chi connectivity index (χ4n) is 3.18. The number of rotatable bonds is 5. The summed E-state index contributed by atoms with van der Waals surface area (Å²) in [5, 5.41) is 9.77. The lowest BCUT2D eigenvalue weighted by atomic mass is 10.1. The summed E-state index contributed by atoms with van der Waals surface area (Å²) in [4.78, 5) is 2.03. The van der Waals surface area contributed by atoms with Crippen LogP contribution in [0.25, 0.3) is 10.8 Å². The quantitative estimate of drug-likeness (QED) is 0.273. The SMILES string of the molecule is CN(C)c1ccc(/C=N/N(c2ccccc2)c2ccc3ccccc3c2)c(Cl)c1. The van der Waals surface area contributed by atoms with Crippen molar-refractivity contribution in [3.05, 3.63) is 102 Å². The first-order valence-electron chi connectivity index (χ1n) is 9.47. The van der Waals surface area contributed by atoms with Crippen LogP contribution in [0.2, 0.25) is 5.02 Å². The van der Waals surface area contributed by atoms with E-state index in [4.69, 9.17) is 16.7 Å². The number of fused-ring (bicyclic) bond motifs is 1. The van der Waals surface area contributed by atoms with Crippen molar-refractivity contribution < 1.29 is 0 Å². The van der Waals surface area contributed by atoms with Crippen molar-refractivity contribution in [1.29, 1.82) is 0 Å². The van der Waals surface area contributed by atoms with Crippen LogP contribution >= 0.6 is 11.6 Å². The van der Waals surface area contributed by atoms with E-state index in [1.165, 1.54) is 10.8 Å². The molecule has 4 heteroatoms. The molecule has 0 aliphatic heterocycles. The van der Waals surface area contributed by atoms with Crippen LogP contribution in [0.15, 0.2) is 96.1 Å². The van der Waals surface area contributed by atoms with E-state index in [2.05, 4.69) is 36.4 Å². The van der Waals surface area contributed by atoms with Crippen molar-refractivity contribution >= 4 is 45.7 Å². The van der Waals surface area contributed by atoms with E-state index in [-0.39, 0.29) is 0 Å². The lowest BCUT2D eigenvalue weighted by Gasteiger charge is -2.20. The first kappa shape index (κ1) is 19.0. The van der Waals surface area contributed by atoms with Gasteiger partial charge in [-0.25, -0.2) is 5.01 Å². The molecule has 0 aliphatic rings. The van der Waals surface area contributed by atoms with E-state index in [0.29, 0.717) is 5.02 Å². The largest absolute Gasteiger partial charge is 0.378 e. The number of hydrazone groups is 1. The highest BCUT2D eigenvalue weighted by Gasteiger charge is 2.09. The maximum absolute atomic E-state index is 6.49. The number of hydrogen-bond donors (Lipinski definition) is 0. The maximum Gasteiger partial charge on any atom is 0.0659 e. The van der Waals surface area contributed by atoms with Crippen LogP contribution < -0.4 is 9.91 Å². The smallest absolute Gasteiger partial charge is 0.0659 e. The molecule has 0 bridgehead atoms. The maximum atomic E-state index is 6.49. The van der Waals surface area contributed by atoms with Crippen LogP contribution in [0.3, 0.4) is 0 Å². The third-order valence-corrected chi connectivity index (χ3v) is 5.12. The van der Waals surface area contributed by atoms with Gasteiger partial charge in [0.2, 0.25) is 0 Å². The number of benzene rings is 4. The molecule has 0 atom stereocenters. The molecule has 3 nitrogen and oxygen atoms in total. The van der Waals surface area contributed by atoms with Crippen LogP contribution in [-0.2, 0) is 0 Å². The summed E-state index contributed by atoms with van der Waals surface area (Å²) in [5.41, 5.74) is 3.91. The molecule has 29 heavy (non-hydrogen) atoms. The molecule has 0 N–H and O–H groups in total. The van der Waals surface area contributed by atoms with E-state index in [1.54, 1.807) is 0 Å². The van der Waals surface area contributed by atoms with E-state index in [9.17, 15) is 0 Å². The van der Waals surface area contributed by atoms with Gasteiger partial charge in [-0.2, -0.15) is 5.10 Å². The molecule has 0 saturated heterocycles. The molecule has 0 spiro atoms. The van der Waals surface area contributed by atoms with E-state index in [0.717, 1.165) is 22.6 Å². The minimum Gasteiger partial charge on any atom is -0.378 e. The second-order valence-electron chi connectivity index (χ2n) is 7.02. The standard InChI is InChI=1S/C25H22ClN3/c1-28(2)23-14-13-21(25(26)17-23)18-27-29(22-10-4-3-5-11-22)24-15-12-19-8-6-7-9-20(19)16-24/h3-18H,1-2H3/b27-18+. The zero-order valence-electron chi connectivity index (χ0n) is 16.5. The Morgan fingerprint density at radius 2 is 1.38 bits per heavy atom. The Morgan fingerprint density at radius 3 is 2.10 bits per heavy atom. The van der Waals surface area contributed by atoms with Crippen molar-refractivity contribution in [2.75, 3.05) is 24.0 Å². The van der Waals surface area contributed by atoms with Crippen LogP contribution in [0, 0.1) is 0 Å². The van der Waals surface area contributed by atoms with Gasteiger partial charge in [0.25, 0.3) is 0 Å². The molecule has 0 aliphatic carbocycles. The molecule has 0 heterocycles. The number of halogens is 1. The molecule has 0 amide bonds. The molecule has 144 valence electrons. The number of hydrogen-bond acceptors (Lipinski definition) is 3. The van der Waals surface area contributed by atoms with Gasteiger partial charge in [-0.15, -0.1) is 0 Å². The van der Waals surface area contributed by atoms with Crippen LogP contribution in [0.4, 0.5) is 17.1 Å². The van der Waals surface area contributed by atoms with Gasteiger partial charge in [-0.05, 0) is 53.2 Å². The average Bonchev–Trinajstić information content (AvgIpc) is 2.75. The average molecular weight is 400 g/mol. The van der Waals surface area contributed by atoms with E-state index >= 15 is 0 Å². The minimum atomic E-state index is 0.673. The Labute approximate surface area is 176 Å². The van der Waals surface area contributed by atoms with E-state index in [1.807, 2.05) is 84.8 Å². The van der Waals surface area contributed by atoms with Crippen LogP contribution in [0.5, 0.6) is 0 Å². The molecular formula is C25H22ClN3. The zero-order valence-corrected chi connectivity index (χ0v) is 17.2. The van der Waals surface area contributed by atoms with Crippen molar-refractivity contribution in [3.63, 3.8) is 0 Å². The fraction of sp³-hybridized carbons (Fsp3) is 0.0800. The Bertz CT molecular complexity index is 1150. The van der Waals surface area contributed by atoms with Crippen molar-refractivity contribution in [3.8, 4) is 0 Å². The van der Waals surface area contributed by atoms with Gasteiger partial charge in [0.15, 0.2) is 0 Å². The lowest BCUT2D eigenvalue weighted by Crippen LogP contribution is -2.10. The molecular weight excluding hydrogens is 378 g/mol.